The molecule has 0 aromatic carbocycles. The van der Waals surface area contributed by atoms with Crippen molar-refractivity contribution in [3.8, 4) is 0 Å². The number of nitrogens with one attached hydrogen (secondary N) is 1. The molecule has 82 valence electrons. The Morgan fingerprint density at radius 3 is 2.67 bits per heavy atom. The second-order valence-electron chi connectivity index (χ2n) is 3.07. The molecule has 0 fully saturated rings. The molecule has 2 N–H and O–H groups in total. The standard InChI is InChI=1S/C9H9F2NO3/c1-4-5(3-7(14)15)2-6(13)12-8(4)9(10)11/h2,9H,3H2,1H3,(H,12,13)(H,14,15). The molecule has 0 amide bonds. The van der Waals surface area contributed by atoms with Gasteiger partial charge in [0.1, 0.15) is 0 Å². The van der Waals surface area contributed by atoms with Crippen LogP contribution in [-0.4, -0.2) is 16.1 Å². The zero-order valence-corrected chi connectivity index (χ0v) is 7.88. The summed E-state index contributed by atoms with van der Waals surface area (Å²) in [6.45, 7) is 1.36. The molecule has 1 aromatic heterocycles. The monoisotopic (exact) mass is 217 g/mol. The summed E-state index contributed by atoms with van der Waals surface area (Å²) in [6.07, 6.45) is -3.25. The van der Waals surface area contributed by atoms with Gasteiger partial charge in [0.15, 0.2) is 0 Å². The summed E-state index contributed by atoms with van der Waals surface area (Å²) in [6, 6.07) is 1.02. The van der Waals surface area contributed by atoms with Gasteiger partial charge in [0, 0.05) is 6.07 Å². The summed E-state index contributed by atoms with van der Waals surface area (Å²) in [5, 5.41) is 8.51. The van der Waals surface area contributed by atoms with E-state index in [1.807, 2.05) is 4.98 Å². The second kappa shape index (κ2) is 4.20. The van der Waals surface area contributed by atoms with E-state index in [9.17, 15) is 18.4 Å². The molecule has 1 heterocycles. The number of hydrogen-bond donors (Lipinski definition) is 2. The second-order valence-corrected chi connectivity index (χ2v) is 3.07. The molecule has 0 aliphatic carbocycles. The van der Waals surface area contributed by atoms with Gasteiger partial charge in [0.25, 0.3) is 6.43 Å². The van der Waals surface area contributed by atoms with Gasteiger partial charge in [-0.2, -0.15) is 0 Å². The number of aliphatic carboxylic acids is 1. The molecule has 0 saturated heterocycles. The van der Waals surface area contributed by atoms with Crippen LogP contribution in [0.2, 0.25) is 0 Å². The van der Waals surface area contributed by atoms with Gasteiger partial charge in [0.2, 0.25) is 5.56 Å². The predicted molar refractivity (Wildman–Crippen MR) is 48.1 cm³/mol. The summed E-state index contributed by atoms with van der Waals surface area (Å²) < 4.78 is 24.8. The average Bonchev–Trinajstić information content (AvgIpc) is 2.09. The molecular formula is C9H9F2NO3. The first kappa shape index (κ1) is 11.4. The summed E-state index contributed by atoms with van der Waals surface area (Å²) in [5.41, 5.74) is -1.00. The van der Waals surface area contributed by atoms with Crippen LogP contribution in [0.15, 0.2) is 10.9 Å². The first-order valence-electron chi connectivity index (χ1n) is 4.14. The van der Waals surface area contributed by atoms with Crippen molar-refractivity contribution in [1.29, 1.82) is 0 Å². The molecule has 1 rings (SSSR count). The number of H-pyrrole nitrogens is 1. The lowest BCUT2D eigenvalue weighted by atomic mass is 10.1. The van der Waals surface area contributed by atoms with Crippen molar-refractivity contribution in [2.45, 2.75) is 19.8 Å². The van der Waals surface area contributed by atoms with Crippen LogP contribution in [0.4, 0.5) is 8.78 Å². The van der Waals surface area contributed by atoms with Crippen LogP contribution in [0.5, 0.6) is 0 Å². The van der Waals surface area contributed by atoms with Crippen LogP contribution in [0.25, 0.3) is 0 Å². The molecule has 0 radical (unpaired) electrons. The van der Waals surface area contributed by atoms with E-state index in [2.05, 4.69) is 0 Å². The van der Waals surface area contributed by atoms with Gasteiger partial charge in [-0.1, -0.05) is 0 Å². The van der Waals surface area contributed by atoms with Crippen molar-refractivity contribution in [2.24, 2.45) is 0 Å². The fourth-order valence-electron chi connectivity index (χ4n) is 1.27. The lowest BCUT2D eigenvalue weighted by Crippen LogP contribution is -2.15. The third-order valence-corrected chi connectivity index (χ3v) is 2.01. The summed E-state index contributed by atoms with van der Waals surface area (Å²) in [7, 11) is 0. The van der Waals surface area contributed by atoms with Crippen molar-refractivity contribution >= 4 is 5.97 Å². The SMILES string of the molecule is Cc1c(CC(=O)O)cc(=O)[nH]c1C(F)F. The van der Waals surface area contributed by atoms with Gasteiger partial charge >= 0.3 is 5.97 Å². The zero-order valence-electron chi connectivity index (χ0n) is 7.88. The molecular weight excluding hydrogens is 208 g/mol. The molecule has 1 aromatic rings. The number of halogens is 2. The van der Waals surface area contributed by atoms with Crippen LogP contribution in [0, 0.1) is 6.92 Å². The van der Waals surface area contributed by atoms with Crippen molar-refractivity contribution in [1.82, 2.24) is 4.98 Å². The number of carboxylic acids is 1. The van der Waals surface area contributed by atoms with Crippen LogP contribution in [0.3, 0.4) is 0 Å². The lowest BCUT2D eigenvalue weighted by Gasteiger charge is -2.08. The van der Waals surface area contributed by atoms with Gasteiger partial charge in [-0.05, 0) is 18.1 Å². The molecule has 0 bridgehead atoms. The van der Waals surface area contributed by atoms with E-state index in [-0.39, 0.29) is 11.1 Å². The average molecular weight is 217 g/mol. The van der Waals surface area contributed by atoms with E-state index in [0.29, 0.717) is 0 Å². The number of carbonyl (C=O) groups is 1. The number of aromatic amines is 1. The number of pyridine rings is 1. The lowest BCUT2D eigenvalue weighted by molar-refractivity contribution is -0.136. The predicted octanol–water partition coefficient (Wildman–Crippen LogP) is 1.25. The summed E-state index contributed by atoms with van der Waals surface area (Å²) in [5.74, 6) is -1.16. The first-order valence-corrected chi connectivity index (χ1v) is 4.14. The van der Waals surface area contributed by atoms with Crippen molar-refractivity contribution < 1.29 is 18.7 Å². The Labute approximate surface area is 83.6 Å². The smallest absolute Gasteiger partial charge is 0.307 e. The molecule has 0 unspecified atom stereocenters. The zero-order chi connectivity index (χ0) is 11.6. The minimum Gasteiger partial charge on any atom is -0.481 e. The number of hydrogen-bond acceptors (Lipinski definition) is 2. The summed E-state index contributed by atoms with van der Waals surface area (Å²) >= 11 is 0. The molecule has 4 nitrogen and oxygen atoms in total. The third-order valence-electron chi connectivity index (χ3n) is 2.01. The van der Waals surface area contributed by atoms with Crippen molar-refractivity contribution in [3.05, 3.63) is 33.2 Å². The Kier molecular flexibility index (Phi) is 3.18. The largest absolute Gasteiger partial charge is 0.481 e. The van der Waals surface area contributed by atoms with E-state index in [1.54, 1.807) is 0 Å². The van der Waals surface area contributed by atoms with Crippen molar-refractivity contribution in [2.75, 3.05) is 0 Å². The van der Waals surface area contributed by atoms with E-state index < -0.39 is 30.1 Å². The number of aromatic nitrogens is 1. The van der Waals surface area contributed by atoms with Gasteiger partial charge in [0.05, 0.1) is 12.1 Å². The highest BCUT2D eigenvalue weighted by Gasteiger charge is 2.16. The van der Waals surface area contributed by atoms with E-state index in [0.717, 1.165) is 6.07 Å². The van der Waals surface area contributed by atoms with Crippen LogP contribution in [0.1, 0.15) is 23.2 Å². The third kappa shape index (κ3) is 2.61. The maximum atomic E-state index is 12.4. The van der Waals surface area contributed by atoms with Gasteiger partial charge in [-0.3, -0.25) is 9.59 Å². The maximum absolute atomic E-state index is 12.4. The quantitative estimate of drug-likeness (QED) is 0.800. The molecule has 15 heavy (non-hydrogen) atoms. The number of alkyl halides is 2. The van der Waals surface area contributed by atoms with Gasteiger partial charge < -0.3 is 10.1 Å². The molecule has 0 atom stereocenters. The Balaban J connectivity index is 3.28. The molecule has 6 heteroatoms. The Morgan fingerprint density at radius 1 is 1.60 bits per heavy atom. The Bertz CT molecular complexity index is 439. The normalized spacial score (nSPS) is 10.7. The first-order chi connectivity index (χ1) is 6.91. The topological polar surface area (TPSA) is 70.2 Å². The fourth-order valence-corrected chi connectivity index (χ4v) is 1.27. The Morgan fingerprint density at radius 2 is 2.20 bits per heavy atom. The number of carboxylic acid groups (broad SMARTS) is 1. The van der Waals surface area contributed by atoms with Crippen LogP contribution >= 0.6 is 0 Å². The highest BCUT2D eigenvalue weighted by Crippen LogP contribution is 2.21. The molecule has 0 spiro atoms. The highest BCUT2D eigenvalue weighted by molar-refractivity contribution is 5.70. The van der Waals surface area contributed by atoms with E-state index in [1.165, 1.54) is 6.92 Å². The van der Waals surface area contributed by atoms with Gasteiger partial charge in [-0.25, -0.2) is 8.78 Å². The molecule has 0 saturated carbocycles. The van der Waals surface area contributed by atoms with Crippen LogP contribution in [-0.2, 0) is 11.2 Å². The van der Waals surface area contributed by atoms with Crippen LogP contribution < -0.4 is 5.56 Å². The maximum Gasteiger partial charge on any atom is 0.307 e. The van der Waals surface area contributed by atoms with E-state index >= 15 is 0 Å². The highest BCUT2D eigenvalue weighted by atomic mass is 19.3. The Hall–Kier alpha value is -1.72. The summed E-state index contributed by atoms with van der Waals surface area (Å²) in [4.78, 5) is 23.4. The fraction of sp³-hybridized carbons (Fsp3) is 0.333. The number of rotatable bonds is 3. The minimum absolute atomic E-state index is 0.113. The molecule has 0 aliphatic heterocycles. The van der Waals surface area contributed by atoms with Gasteiger partial charge in [-0.15, -0.1) is 0 Å². The van der Waals surface area contributed by atoms with Crippen molar-refractivity contribution in [3.63, 3.8) is 0 Å². The molecule has 0 aliphatic rings. The minimum atomic E-state index is -2.81. The van der Waals surface area contributed by atoms with E-state index in [4.69, 9.17) is 5.11 Å².